The first-order valence-electron chi connectivity index (χ1n) is 8.20. The fourth-order valence-electron chi connectivity index (χ4n) is 2.70. The Balaban J connectivity index is 1.73. The van der Waals surface area contributed by atoms with Gasteiger partial charge in [0.05, 0.1) is 29.3 Å². The van der Waals surface area contributed by atoms with E-state index in [1.54, 1.807) is 23.9 Å². The maximum Gasteiger partial charge on any atom is 0.116 e. The molecule has 0 radical (unpaired) electrons. The number of hydrogen-bond acceptors (Lipinski definition) is 5. The van der Waals surface area contributed by atoms with Gasteiger partial charge in [-0.25, -0.2) is 9.97 Å². The van der Waals surface area contributed by atoms with Gasteiger partial charge in [0.1, 0.15) is 11.3 Å². The van der Waals surface area contributed by atoms with E-state index >= 15 is 0 Å². The van der Waals surface area contributed by atoms with Crippen LogP contribution in [0.2, 0.25) is 0 Å². The Morgan fingerprint density at radius 3 is 2.64 bits per heavy atom. The largest absolute Gasteiger partial charge is 0.378 e. The first-order valence-corrected chi connectivity index (χ1v) is 9.02. The minimum Gasteiger partial charge on any atom is -0.378 e. The van der Waals surface area contributed by atoms with Gasteiger partial charge in [-0.3, -0.25) is 0 Å². The molecule has 4 nitrogen and oxygen atoms in total. The minimum atomic E-state index is 0.756. The Hall–Kier alpha value is -2.68. The SMILES string of the molecule is C(#Cc1cc(-c2ccncn2)sc1N1CCOCC1)c1ccccc1. The molecule has 1 aromatic carbocycles. The maximum atomic E-state index is 5.49. The van der Waals surface area contributed by atoms with Crippen LogP contribution in [0.4, 0.5) is 5.00 Å². The highest BCUT2D eigenvalue weighted by Crippen LogP contribution is 2.36. The van der Waals surface area contributed by atoms with Crippen molar-refractivity contribution >= 4 is 16.3 Å². The third-order valence-corrected chi connectivity index (χ3v) is 5.18. The molecular weight excluding hydrogens is 330 g/mol. The van der Waals surface area contributed by atoms with Crippen LogP contribution in [0.15, 0.2) is 55.0 Å². The second-order valence-corrected chi connectivity index (χ2v) is 6.67. The zero-order valence-electron chi connectivity index (χ0n) is 13.7. The molecule has 0 amide bonds. The highest BCUT2D eigenvalue weighted by molar-refractivity contribution is 7.19. The van der Waals surface area contributed by atoms with E-state index in [9.17, 15) is 0 Å². The van der Waals surface area contributed by atoms with E-state index in [2.05, 4.69) is 32.8 Å². The number of thiophene rings is 1. The molecule has 25 heavy (non-hydrogen) atoms. The molecule has 124 valence electrons. The molecule has 3 heterocycles. The van der Waals surface area contributed by atoms with Crippen LogP contribution < -0.4 is 4.90 Å². The molecule has 1 aliphatic heterocycles. The van der Waals surface area contributed by atoms with E-state index in [1.165, 1.54) is 5.00 Å². The number of morpholine rings is 1. The Kier molecular flexibility index (Phi) is 4.73. The Labute approximate surface area is 151 Å². The van der Waals surface area contributed by atoms with Crippen molar-refractivity contribution in [1.82, 2.24) is 9.97 Å². The molecule has 0 saturated carbocycles. The van der Waals surface area contributed by atoms with Crippen molar-refractivity contribution in [3.63, 3.8) is 0 Å². The Morgan fingerprint density at radius 2 is 1.88 bits per heavy atom. The van der Waals surface area contributed by atoms with Gasteiger partial charge in [-0.05, 0) is 24.3 Å². The topological polar surface area (TPSA) is 38.2 Å². The Bertz CT molecular complexity index is 891. The number of benzene rings is 1. The highest BCUT2D eigenvalue weighted by Gasteiger charge is 2.18. The van der Waals surface area contributed by atoms with Crippen molar-refractivity contribution < 1.29 is 4.74 Å². The lowest BCUT2D eigenvalue weighted by Crippen LogP contribution is -2.36. The summed E-state index contributed by atoms with van der Waals surface area (Å²) in [6.07, 6.45) is 3.35. The van der Waals surface area contributed by atoms with E-state index in [-0.39, 0.29) is 0 Å². The molecule has 2 aromatic heterocycles. The second-order valence-electron chi connectivity index (χ2n) is 5.64. The lowest BCUT2D eigenvalue weighted by molar-refractivity contribution is 0.123. The zero-order valence-corrected chi connectivity index (χ0v) is 14.5. The smallest absolute Gasteiger partial charge is 0.116 e. The van der Waals surface area contributed by atoms with Crippen LogP contribution in [0.25, 0.3) is 10.6 Å². The molecule has 0 unspecified atom stereocenters. The predicted molar refractivity (Wildman–Crippen MR) is 101 cm³/mol. The monoisotopic (exact) mass is 347 g/mol. The highest BCUT2D eigenvalue weighted by atomic mass is 32.1. The van der Waals surface area contributed by atoms with Crippen LogP contribution in [0.3, 0.4) is 0 Å². The standard InChI is InChI=1S/C20H17N3OS/c1-2-4-16(5-3-1)6-7-17-14-19(18-8-9-21-15-22-18)25-20(17)23-10-12-24-13-11-23/h1-5,8-9,14-15H,10-13H2. The molecular formula is C20H17N3OS. The van der Waals surface area contributed by atoms with E-state index in [0.29, 0.717) is 0 Å². The number of rotatable bonds is 2. The summed E-state index contributed by atoms with van der Waals surface area (Å²) >= 11 is 1.73. The average Bonchev–Trinajstić information content (AvgIpc) is 3.13. The zero-order chi connectivity index (χ0) is 16.9. The van der Waals surface area contributed by atoms with Gasteiger partial charge in [-0.1, -0.05) is 30.0 Å². The van der Waals surface area contributed by atoms with Crippen molar-refractivity contribution in [2.75, 3.05) is 31.2 Å². The molecule has 1 saturated heterocycles. The van der Waals surface area contributed by atoms with E-state index in [4.69, 9.17) is 4.74 Å². The van der Waals surface area contributed by atoms with Crippen molar-refractivity contribution in [3.8, 4) is 22.4 Å². The quantitative estimate of drug-likeness (QED) is 0.666. The normalized spacial score (nSPS) is 14.0. The molecule has 1 aliphatic rings. The summed E-state index contributed by atoms with van der Waals surface area (Å²) in [5.74, 6) is 6.62. The van der Waals surface area contributed by atoms with Crippen LogP contribution in [0.1, 0.15) is 11.1 Å². The van der Waals surface area contributed by atoms with Crippen molar-refractivity contribution in [2.45, 2.75) is 0 Å². The number of nitrogens with zero attached hydrogens (tertiary/aromatic N) is 3. The van der Waals surface area contributed by atoms with Gasteiger partial charge in [0.2, 0.25) is 0 Å². The maximum absolute atomic E-state index is 5.49. The van der Waals surface area contributed by atoms with E-state index in [0.717, 1.165) is 48.0 Å². The van der Waals surface area contributed by atoms with Crippen LogP contribution in [-0.4, -0.2) is 36.3 Å². The first kappa shape index (κ1) is 15.8. The number of ether oxygens (including phenoxy) is 1. The molecule has 0 atom stereocenters. The molecule has 1 fully saturated rings. The van der Waals surface area contributed by atoms with Crippen molar-refractivity contribution in [2.24, 2.45) is 0 Å². The van der Waals surface area contributed by atoms with Crippen LogP contribution in [0, 0.1) is 11.8 Å². The fourth-order valence-corrected chi connectivity index (χ4v) is 3.84. The van der Waals surface area contributed by atoms with Gasteiger partial charge in [0.15, 0.2) is 0 Å². The van der Waals surface area contributed by atoms with Gasteiger partial charge in [-0.15, -0.1) is 11.3 Å². The summed E-state index contributed by atoms with van der Waals surface area (Å²) in [5.41, 5.74) is 3.00. The summed E-state index contributed by atoms with van der Waals surface area (Å²) in [5, 5.41) is 1.19. The lowest BCUT2D eigenvalue weighted by Gasteiger charge is -2.27. The second kappa shape index (κ2) is 7.47. The minimum absolute atomic E-state index is 0.756. The van der Waals surface area contributed by atoms with E-state index < -0.39 is 0 Å². The third kappa shape index (κ3) is 3.71. The number of hydrogen-bond donors (Lipinski definition) is 0. The summed E-state index contributed by atoms with van der Waals surface area (Å²) in [7, 11) is 0. The van der Waals surface area contributed by atoms with Gasteiger partial charge in [-0.2, -0.15) is 0 Å². The van der Waals surface area contributed by atoms with Gasteiger partial charge in [0, 0.05) is 24.8 Å². The van der Waals surface area contributed by atoms with Gasteiger partial charge < -0.3 is 9.64 Å². The Morgan fingerprint density at radius 1 is 1.04 bits per heavy atom. The molecule has 0 bridgehead atoms. The van der Waals surface area contributed by atoms with Gasteiger partial charge in [0.25, 0.3) is 0 Å². The molecule has 0 N–H and O–H groups in total. The summed E-state index contributed by atoms with van der Waals surface area (Å²) < 4.78 is 5.49. The average molecular weight is 347 g/mol. The number of aromatic nitrogens is 2. The van der Waals surface area contributed by atoms with Crippen molar-refractivity contribution in [1.29, 1.82) is 0 Å². The number of anilines is 1. The summed E-state index contributed by atoms with van der Waals surface area (Å²) in [6, 6.07) is 14.1. The first-order chi connectivity index (χ1) is 12.4. The molecule has 0 spiro atoms. The van der Waals surface area contributed by atoms with Crippen LogP contribution in [0.5, 0.6) is 0 Å². The fraction of sp³-hybridized carbons (Fsp3) is 0.200. The van der Waals surface area contributed by atoms with Crippen LogP contribution in [-0.2, 0) is 4.74 Å². The molecule has 5 heteroatoms. The third-order valence-electron chi connectivity index (χ3n) is 3.96. The van der Waals surface area contributed by atoms with Crippen LogP contribution >= 0.6 is 11.3 Å². The van der Waals surface area contributed by atoms with Gasteiger partial charge >= 0.3 is 0 Å². The molecule has 0 aliphatic carbocycles. The molecule has 4 rings (SSSR count). The summed E-state index contributed by atoms with van der Waals surface area (Å²) in [4.78, 5) is 11.8. The van der Waals surface area contributed by atoms with Crippen molar-refractivity contribution in [3.05, 3.63) is 66.1 Å². The summed E-state index contributed by atoms with van der Waals surface area (Å²) in [6.45, 7) is 3.30. The molecule has 3 aromatic rings. The lowest BCUT2D eigenvalue weighted by atomic mass is 10.2. The van der Waals surface area contributed by atoms with E-state index in [1.807, 2.05) is 36.4 Å². The predicted octanol–water partition coefficient (Wildman–Crippen LogP) is 3.44.